The third-order valence-corrected chi connectivity index (χ3v) is 1.69. The van der Waals surface area contributed by atoms with Gasteiger partial charge >= 0.3 is 17.9 Å². The van der Waals surface area contributed by atoms with Crippen LogP contribution in [0.3, 0.4) is 0 Å². The Morgan fingerprint density at radius 1 is 1.06 bits per heavy atom. The molecule has 0 amide bonds. The maximum absolute atomic E-state index is 10.5. The molecular weight excluding hydrogens is 240 g/mol. The van der Waals surface area contributed by atoms with E-state index < -0.39 is 11.9 Å². The van der Waals surface area contributed by atoms with Crippen LogP contribution in [0.1, 0.15) is 19.8 Å². The van der Waals surface area contributed by atoms with Crippen molar-refractivity contribution in [1.82, 2.24) is 0 Å². The Hall–Kier alpha value is -2.11. The second kappa shape index (κ2) is 10.1. The molecule has 0 saturated heterocycles. The van der Waals surface area contributed by atoms with Gasteiger partial charge in [-0.2, -0.15) is 0 Å². The summed E-state index contributed by atoms with van der Waals surface area (Å²) in [6.45, 7) is 8.21. The number of carboxylic acids is 1. The molecule has 0 saturated carbocycles. The van der Waals surface area contributed by atoms with E-state index in [1.165, 1.54) is 14.2 Å². The van der Waals surface area contributed by atoms with E-state index in [1.807, 2.05) is 0 Å². The number of esters is 2. The van der Waals surface area contributed by atoms with Crippen LogP contribution in [0.5, 0.6) is 0 Å². The monoisotopic (exact) mass is 258 g/mol. The van der Waals surface area contributed by atoms with Crippen LogP contribution in [0.15, 0.2) is 24.3 Å². The Morgan fingerprint density at radius 2 is 1.56 bits per heavy atom. The minimum Gasteiger partial charge on any atom is -0.478 e. The molecule has 0 aromatic heterocycles. The quantitative estimate of drug-likeness (QED) is 0.590. The summed E-state index contributed by atoms with van der Waals surface area (Å²) >= 11 is 0. The second-order valence-electron chi connectivity index (χ2n) is 3.26. The van der Waals surface area contributed by atoms with E-state index >= 15 is 0 Å². The largest absolute Gasteiger partial charge is 0.478 e. The predicted octanol–water partition coefficient (Wildman–Crippen LogP) is 1.32. The SMILES string of the molecule is C=C(C)C(=O)OC.C=C(CCC(=O)OC)C(=O)O. The van der Waals surface area contributed by atoms with Gasteiger partial charge in [0.05, 0.1) is 14.2 Å². The molecule has 6 nitrogen and oxygen atoms in total. The minimum atomic E-state index is -1.08. The zero-order valence-corrected chi connectivity index (χ0v) is 10.8. The smallest absolute Gasteiger partial charge is 0.332 e. The van der Waals surface area contributed by atoms with Crippen molar-refractivity contribution >= 4 is 17.9 Å². The Bertz CT molecular complexity index is 342. The highest BCUT2D eigenvalue weighted by Gasteiger charge is 2.06. The fourth-order valence-corrected chi connectivity index (χ4v) is 0.636. The summed E-state index contributed by atoms with van der Waals surface area (Å²) in [5.41, 5.74) is 0.456. The van der Waals surface area contributed by atoms with Crippen LogP contribution in [-0.4, -0.2) is 37.2 Å². The maximum Gasteiger partial charge on any atom is 0.332 e. The number of hydrogen-bond acceptors (Lipinski definition) is 5. The first kappa shape index (κ1) is 18.3. The Morgan fingerprint density at radius 3 is 1.78 bits per heavy atom. The van der Waals surface area contributed by atoms with E-state index in [0.717, 1.165) is 0 Å². The molecule has 1 N–H and O–H groups in total. The van der Waals surface area contributed by atoms with Crippen molar-refractivity contribution in [2.24, 2.45) is 0 Å². The van der Waals surface area contributed by atoms with Crippen LogP contribution in [-0.2, 0) is 23.9 Å². The van der Waals surface area contributed by atoms with Crippen LogP contribution < -0.4 is 0 Å². The van der Waals surface area contributed by atoms with E-state index in [4.69, 9.17) is 5.11 Å². The van der Waals surface area contributed by atoms with Gasteiger partial charge in [-0.25, -0.2) is 9.59 Å². The third kappa shape index (κ3) is 10.4. The van der Waals surface area contributed by atoms with Crippen molar-refractivity contribution in [3.8, 4) is 0 Å². The lowest BCUT2D eigenvalue weighted by Gasteiger charge is -1.97. The molecule has 0 heterocycles. The van der Waals surface area contributed by atoms with Crippen LogP contribution in [0.2, 0.25) is 0 Å². The molecule has 6 heteroatoms. The minimum absolute atomic E-state index is 0.0235. The number of carbonyl (C=O) groups excluding carboxylic acids is 2. The van der Waals surface area contributed by atoms with Gasteiger partial charge in [-0.15, -0.1) is 0 Å². The molecule has 0 atom stereocenters. The first-order chi connectivity index (χ1) is 8.26. The predicted molar refractivity (Wildman–Crippen MR) is 64.9 cm³/mol. The summed E-state index contributed by atoms with van der Waals surface area (Å²) in [6, 6.07) is 0. The molecule has 0 aromatic rings. The normalized spacial score (nSPS) is 8.39. The second-order valence-corrected chi connectivity index (χ2v) is 3.26. The van der Waals surface area contributed by atoms with Gasteiger partial charge in [-0.1, -0.05) is 13.2 Å². The van der Waals surface area contributed by atoms with Gasteiger partial charge in [0.15, 0.2) is 0 Å². The fraction of sp³-hybridized carbons (Fsp3) is 0.417. The molecule has 0 unspecified atom stereocenters. The molecule has 0 rings (SSSR count). The molecule has 0 aliphatic carbocycles. The number of ether oxygens (including phenoxy) is 2. The standard InChI is InChI=1S/C7H10O4.C5H8O2/c1-5(7(9)10)3-4-6(8)11-2;1-4(2)5(6)7-3/h1,3-4H2,2H3,(H,9,10);1H2,2-3H3. The zero-order chi connectivity index (χ0) is 14.7. The van der Waals surface area contributed by atoms with Gasteiger partial charge < -0.3 is 14.6 Å². The van der Waals surface area contributed by atoms with Gasteiger partial charge in [0.1, 0.15) is 0 Å². The summed E-state index contributed by atoms with van der Waals surface area (Å²) in [6.07, 6.45) is 0.212. The van der Waals surface area contributed by atoms with Gasteiger partial charge in [0.2, 0.25) is 0 Å². The molecule has 0 spiro atoms. The molecule has 0 aliphatic heterocycles. The van der Waals surface area contributed by atoms with Crippen molar-refractivity contribution in [2.75, 3.05) is 14.2 Å². The Labute approximate surface area is 106 Å². The topological polar surface area (TPSA) is 89.9 Å². The first-order valence-corrected chi connectivity index (χ1v) is 4.97. The Kier molecular flexibility index (Phi) is 10.2. The highest BCUT2D eigenvalue weighted by Crippen LogP contribution is 2.02. The number of carbonyl (C=O) groups is 3. The Balaban J connectivity index is 0. The summed E-state index contributed by atoms with van der Waals surface area (Å²) in [4.78, 5) is 30.8. The van der Waals surface area contributed by atoms with Crippen molar-refractivity contribution in [2.45, 2.75) is 19.8 Å². The number of hydrogen-bond donors (Lipinski definition) is 1. The summed E-state index contributed by atoms with van der Waals surface area (Å²) in [5, 5.41) is 8.32. The van der Waals surface area contributed by atoms with E-state index in [0.29, 0.717) is 5.57 Å². The van der Waals surface area contributed by atoms with Crippen LogP contribution >= 0.6 is 0 Å². The average molecular weight is 258 g/mol. The fourth-order valence-electron chi connectivity index (χ4n) is 0.636. The zero-order valence-electron chi connectivity index (χ0n) is 10.8. The van der Waals surface area contributed by atoms with Gasteiger partial charge in [-0.3, -0.25) is 4.79 Å². The molecule has 0 aromatic carbocycles. The molecule has 102 valence electrons. The van der Waals surface area contributed by atoms with Gasteiger partial charge in [0, 0.05) is 17.6 Å². The van der Waals surface area contributed by atoms with Crippen LogP contribution in [0.4, 0.5) is 0 Å². The van der Waals surface area contributed by atoms with Crippen molar-refractivity contribution in [3.63, 3.8) is 0 Å². The lowest BCUT2D eigenvalue weighted by atomic mass is 10.2. The average Bonchev–Trinajstić information content (AvgIpc) is 2.34. The highest BCUT2D eigenvalue weighted by atomic mass is 16.5. The molecular formula is C12H18O6. The molecule has 0 radical (unpaired) electrons. The van der Waals surface area contributed by atoms with E-state index in [9.17, 15) is 14.4 Å². The van der Waals surface area contributed by atoms with Crippen LogP contribution in [0, 0.1) is 0 Å². The van der Waals surface area contributed by atoms with Crippen molar-refractivity contribution in [3.05, 3.63) is 24.3 Å². The molecule has 18 heavy (non-hydrogen) atoms. The maximum atomic E-state index is 10.5. The van der Waals surface area contributed by atoms with E-state index in [1.54, 1.807) is 6.92 Å². The summed E-state index contributed by atoms with van der Waals surface area (Å²) < 4.78 is 8.58. The number of carboxylic acid groups (broad SMARTS) is 1. The van der Waals surface area contributed by atoms with Gasteiger partial charge in [0.25, 0.3) is 0 Å². The lowest BCUT2D eigenvalue weighted by Crippen LogP contribution is -2.04. The molecule has 0 aliphatic rings. The number of aliphatic carboxylic acids is 1. The molecule has 0 fully saturated rings. The summed E-state index contributed by atoms with van der Waals surface area (Å²) in [7, 11) is 2.59. The van der Waals surface area contributed by atoms with Crippen molar-refractivity contribution in [1.29, 1.82) is 0 Å². The number of methoxy groups -OCH3 is 2. The van der Waals surface area contributed by atoms with E-state index in [-0.39, 0.29) is 24.4 Å². The highest BCUT2D eigenvalue weighted by molar-refractivity contribution is 5.87. The lowest BCUT2D eigenvalue weighted by molar-refractivity contribution is -0.140. The third-order valence-electron chi connectivity index (χ3n) is 1.69. The van der Waals surface area contributed by atoms with Gasteiger partial charge in [-0.05, 0) is 13.3 Å². The number of rotatable bonds is 5. The van der Waals surface area contributed by atoms with Crippen LogP contribution in [0.25, 0.3) is 0 Å². The first-order valence-electron chi connectivity index (χ1n) is 4.97. The van der Waals surface area contributed by atoms with E-state index in [2.05, 4.69) is 22.6 Å². The summed E-state index contributed by atoms with van der Waals surface area (Å²) in [5.74, 6) is -1.85. The van der Waals surface area contributed by atoms with Crippen molar-refractivity contribution < 1.29 is 29.0 Å². The molecule has 0 bridgehead atoms.